The van der Waals surface area contributed by atoms with Crippen LogP contribution >= 0.6 is 11.3 Å². The van der Waals surface area contributed by atoms with Gasteiger partial charge >= 0.3 is 5.97 Å². The van der Waals surface area contributed by atoms with E-state index in [2.05, 4.69) is 5.32 Å². The van der Waals surface area contributed by atoms with Crippen molar-refractivity contribution in [3.63, 3.8) is 0 Å². The molecule has 8 heteroatoms. The highest BCUT2D eigenvalue weighted by molar-refractivity contribution is 7.12. The molecule has 1 aromatic carbocycles. The molecule has 7 nitrogen and oxygen atoms in total. The van der Waals surface area contributed by atoms with Gasteiger partial charge in [0.15, 0.2) is 11.9 Å². The largest absolute Gasteiger partial charge is 0.453 e. The molecule has 0 aliphatic heterocycles. The summed E-state index contributed by atoms with van der Waals surface area (Å²) in [6.45, 7) is 1.44. The maximum atomic E-state index is 12.0. The zero-order valence-corrected chi connectivity index (χ0v) is 14.9. The summed E-state index contributed by atoms with van der Waals surface area (Å²) >= 11 is 1.31. The van der Waals surface area contributed by atoms with Gasteiger partial charge in [0.25, 0.3) is 5.91 Å². The number of esters is 1. The molecule has 3 N–H and O–H groups in total. The first-order valence-corrected chi connectivity index (χ1v) is 8.71. The van der Waals surface area contributed by atoms with Crippen LogP contribution < -0.4 is 11.1 Å². The predicted octanol–water partition coefficient (Wildman–Crippen LogP) is 2.38. The number of anilines is 1. The van der Waals surface area contributed by atoms with Crippen LogP contribution in [0.2, 0.25) is 0 Å². The molecule has 0 fully saturated rings. The van der Waals surface area contributed by atoms with Crippen molar-refractivity contribution in [2.45, 2.75) is 25.9 Å². The van der Waals surface area contributed by atoms with Crippen molar-refractivity contribution in [1.82, 2.24) is 0 Å². The summed E-state index contributed by atoms with van der Waals surface area (Å²) in [5.41, 5.74) is 5.90. The summed E-state index contributed by atoms with van der Waals surface area (Å²) in [5.74, 6) is -1.85. The highest BCUT2D eigenvalue weighted by Gasteiger charge is 2.19. The molecule has 2 amide bonds. The number of hydrogen-bond acceptors (Lipinski definition) is 6. The van der Waals surface area contributed by atoms with Crippen LogP contribution in [-0.4, -0.2) is 29.7 Å². The Bertz CT molecular complexity index is 799. The van der Waals surface area contributed by atoms with E-state index in [-0.39, 0.29) is 18.6 Å². The fraction of sp³-hybridized carbons (Fsp3) is 0.222. The van der Waals surface area contributed by atoms with Crippen molar-refractivity contribution in [2.24, 2.45) is 5.73 Å². The van der Waals surface area contributed by atoms with Crippen LogP contribution in [0.3, 0.4) is 0 Å². The summed E-state index contributed by atoms with van der Waals surface area (Å²) < 4.78 is 5.04. The molecule has 2 aromatic rings. The fourth-order valence-electron chi connectivity index (χ4n) is 2.05. The van der Waals surface area contributed by atoms with Gasteiger partial charge in [-0.15, -0.1) is 11.3 Å². The quantitative estimate of drug-likeness (QED) is 0.544. The first kappa shape index (κ1) is 19.3. The lowest BCUT2D eigenvalue weighted by Crippen LogP contribution is -2.30. The Kier molecular flexibility index (Phi) is 6.62. The number of thiophene rings is 1. The molecule has 0 aliphatic carbocycles. The number of primary amides is 1. The Balaban J connectivity index is 1.79. The van der Waals surface area contributed by atoms with E-state index < -0.39 is 23.9 Å². The van der Waals surface area contributed by atoms with Gasteiger partial charge in [0.2, 0.25) is 5.91 Å². The summed E-state index contributed by atoms with van der Waals surface area (Å²) in [6.07, 6.45) is -1.08. The Morgan fingerprint density at radius 3 is 2.38 bits per heavy atom. The Hall–Kier alpha value is -3.00. The minimum absolute atomic E-state index is 0.0300. The van der Waals surface area contributed by atoms with Gasteiger partial charge in [-0.1, -0.05) is 6.07 Å². The molecule has 0 bridgehead atoms. The van der Waals surface area contributed by atoms with Gasteiger partial charge in [-0.2, -0.15) is 0 Å². The molecule has 1 heterocycles. The minimum atomic E-state index is -1.02. The number of benzene rings is 1. The number of nitrogens with two attached hydrogens (primary N) is 1. The van der Waals surface area contributed by atoms with Crippen molar-refractivity contribution >= 4 is 40.6 Å². The monoisotopic (exact) mass is 374 g/mol. The predicted molar refractivity (Wildman–Crippen MR) is 97.0 cm³/mol. The number of carbonyl (C=O) groups is 4. The summed E-state index contributed by atoms with van der Waals surface area (Å²) in [6, 6.07) is 9.45. The van der Waals surface area contributed by atoms with E-state index in [4.69, 9.17) is 10.5 Å². The van der Waals surface area contributed by atoms with Crippen LogP contribution in [0.15, 0.2) is 41.8 Å². The molecule has 0 spiro atoms. The Labute approximate surface area is 154 Å². The number of Topliss-reactive ketones (excluding diaryl/α,β-unsaturated/α-hetero) is 1. The normalized spacial score (nSPS) is 11.4. The van der Waals surface area contributed by atoms with Crippen molar-refractivity contribution in [3.05, 3.63) is 52.2 Å². The van der Waals surface area contributed by atoms with Crippen LogP contribution in [0.1, 0.15) is 39.8 Å². The molecule has 136 valence electrons. The lowest BCUT2D eigenvalue weighted by atomic mass is 10.2. The molecule has 1 aromatic heterocycles. The van der Waals surface area contributed by atoms with E-state index in [0.29, 0.717) is 16.1 Å². The third-order valence-corrected chi connectivity index (χ3v) is 4.38. The second kappa shape index (κ2) is 8.91. The van der Waals surface area contributed by atoms with Crippen LogP contribution in [0.4, 0.5) is 5.69 Å². The molecule has 2 rings (SSSR count). The van der Waals surface area contributed by atoms with Gasteiger partial charge in [0, 0.05) is 17.7 Å². The molecule has 0 saturated carbocycles. The van der Waals surface area contributed by atoms with Gasteiger partial charge in [0.05, 0.1) is 11.3 Å². The van der Waals surface area contributed by atoms with Crippen molar-refractivity contribution in [2.75, 3.05) is 5.32 Å². The first-order valence-electron chi connectivity index (χ1n) is 7.83. The lowest BCUT2D eigenvalue weighted by Gasteiger charge is -2.13. The fourth-order valence-corrected chi connectivity index (χ4v) is 2.74. The SMILES string of the molecule is C[C@@H](OC(=O)CCC(=O)c1cccs1)C(=O)Nc1ccc(C(N)=O)cc1. The zero-order chi connectivity index (χ0) is 19.1. The van der Waals surface area contributed by atoms with Gasteiger partial charge in [0.1, 0.15) is 0 Å². The molecule has 0 unspecified atom stereocenters. The average molecular weight is 374 g/mol. The number of ketones is 1. The van der Waals surface area contributed by atoms with Crippen LogP contribution in [0, 0.1) is 0 Å². The summed E-state index contributed by atoms with van der Waals surface area (Å²) in [4.78, 5) is 47.3. The van der Waals surface area contributed by atoms with E-state index in [1.165, 1.54) is 42.5 Å². The van der Waals surface area contributed by atoms with Crippen LogP contribution in [-0.2, 0) is 14.3 Å². The number of nitrogens with one attached hydrogen (secondary N) is 1. The van der Waals surface area contributed by atoms with Gasteiger partial charge in [-0.3, -0.25) is 19.2 Å². The summed E-state index contributed by atoms with van der Waals surface area (Å²) in [5, 5.41) is 4.35. The number of hydrogen-bond donors (Lipinski definition) is 2. The standard InChI is InChI=1S/C18H18N2O5S/c1-11(18(24)20-13-6-4-12(5-7-13)17(19)23)25-16(22)9-8-14(21)15-3-2-10-26-15/h2-7,10-11H,8-9H2,1H3,(H2,19,23)(H,20,24)/t11-/m1/s1. The maximum absolute atomic E-state index is 12.0. The molecule has 1 atom stereocenters. The maximum Gasteiger partial charge on any atom is 0.307 e. The zero-order valence-electron chi connectivity index (χ0n) is 14.1. The van der Waals surface area contributed by atoms with E-state index in [9.17, 15) is 19.2 Å². The number of carbonyl (C=O) groups excluding carboxylic acids is 4. The smallest absolute Gasteiger partial charge is 0.307 e. The van der Waals surface area contributed by atoms with Gasteiger partial charge in [-0.05, 0) is 42.6 Å². The van der Waals surface area contributed by atoms with E-state index in [1.807, 2.05) is 0 Å². The summed E-state index contributed by atoms with van der Waals surface area (Å²) in [7, 11) is 0. The Morgan fingerprint density at radius 2 is 1.81 bits per heavy atom. The lowest BCUT2D eigenvalue weighted by molar-refractivity contribution is -0.153. The molecule has 0 aliphatic rings. The van der Waals surface area contributed by atoms with E-state index in [0.717, 1.165) is 0 Å². The van der Waals surface area contributed by atoms with Crippen molar-refractivity contribution < 1.29 is 23.9 Å². The highest BCUT2D eigenvalue weighted by atomic mass is 32.1. The minimum Gasteiger partial charge on any atom is -0.453 e. The van der Waals surface area contributed by atoms with Crippen LogP contribution in [0.25, 0.3) is 0 Å². The highest BCUT2D eigenvalue weighted by Crippen LogP contribution is 2.13. The second-order valence-corrected chi connectivity index (χ2v) is 6.41. The average Bonchev–Trinajstić information content (AvgIpc) is 3.14. The number of amides is 2. The third-order valence-electron chi connectivity index (χ3n) is 3.47. The molecular weight excluding hydrogens is 356 g/mol. The van der Waals surface area contributed by atoms with E-state index in [1.54, 1.807) is 17.5 Å². The third kappa shape index (κ3) is 5.52. The molecular formula is C18H18N2O5S. The molecule has 26 heavy (non-hydrogen) atoms. The molecule has 0 radical (unpaired) electrons. The number of ether oxygens (including phenoxy) is 1. The van der Waals surface area contributed by atoms with Gasteiger partial charge in [-0.25, -0.2) is 0 Å². The van der Waals surface area contributed by atoms with Crippen molar-refractivity contribution in [3.8, 4) is 0 Å². The second-order valence-electron chi connectivity index (χ2n) is 5.46. The van der Waals surface area contributed by atoms with Crippen molar-refractivity contribution in [1.29, 1.82) is 0 Å². The first-order chi connectivity index (χ1) is 12.4. The van der Waals surface area contributed by atoms with Crippen LogP contribution in [0.5, 0.6) is 0 Å². The van der Waals surface area contributed by atoms with Gasteiger partial charge < -0.3 is 15.8 Å². The topological polar surface area (TPSA) is 116 Å². The van der Waals surface area contributed by atoms with E-state index >= 15 is 0 Å². The molecule has 0 saturated heterocycles. The number of rotatable bonds is 8. The Morgan fingerprint density at radius 1 is 1.12 bits per heavy atom.